The van der Waals surface area contributed by atoms with Crippen LogP contribution in [0.1, 0.15) is 41.6 Å². The number of thiazole rings is 1. The third-order valence-electron chi connectivity index (χ3n) is 4.15. The second-order valence-corrected chi connectivity index (χ2v) is 7.51. The number of hydrogen-bond acceptors (Lipinski definition) is 4. The van der Waals surface area contributed by atoms with E-state index in [0.717, 1.165) is 41.7 Å². The number of nitrogens with zero attached hydrogens (tertiary/aromatic N) is 2. The van der Waals surface area contributed by atoms with Crippen LogP contribution in [-0.4, -0.2) is 23.6 Å². The van der Waals surface area contributed by atoms with Crippen molar-refractivity contribution in [1.82, 2.24) is 15.6 Å². The van der Waals surface area contributed by atoms with Gasteiger partial charge in [-0.15, -0.1) is 35.3 Å². The van der Waals surface area contributed by atoms with Crippen LogP contribution in [0, 0.1) is 6.92 Å². The van der Waals surface area contributed by atoms with Gasteiger partial charge in [0.2, 0.25) is 0 Å². The Hall–Kier alpha value is -1.35. The third kappa shape index (κ3) is 6.12. The minimum atomic E-state index is 0. The van der Waals surface area contributed by atoms with Gasteiger partial charge in [0.1, 0.15) is 10.8 Å². The summed E-state index contributed by atoms with van der Waals surface area (Å²) in [6.07, 6.45) is 5.88. The molecular formula is C19H27IN4OS. The van der Waals surface area contributed by atoms with Crippen molar-refractivity contribution in [1.29, 1.82) is 0 Å². The Labute approximate surface area is 176 Å². The number of aliphatic imine (C=N–C) groups is 1. The SMILES string of the molecule is CCNC(=NCc1ccccc1OC1CCC1)NCc1ncc(C)s1.I. The largest absolute Gasteiger partial charge is 0.490 e. The standard InChI is InChI=1S/C19H26N4OS.HI/c1-3-20-19(23-13-18-21-11-14(2)25-18)22-12-15-7-4-5-10-17(15)24-16-8-6-9-16;/h4-5,7,10-11,16H,3,6,8-9,12-13H2,1-2H3,(H2,20,22,23);1H. The van der Waals surface area contributed by atoms with Crippen molar-refractivity contribution in [3.63, 3.8) is 0 Å². The summed E-state index contributed by atoms with van der Waals surface area (Å²) in [5.74, 6) is 1.76. The van der Waals surface area contributed by atoms with Crippen molar-refractivity contribution in [3.8, 4) is 5.75 Å². The highest BCUT2D eigenvalue weighted by molar-refractivity contribution is 14.0. The topological polar surface area (TPSA) is 58.5 Å². The van der Waals surface area contributed by atoms with Crippen LogP contribution in [0.2, 0.25) is 0 Å². The molecule has 2 N–H and O–H groups in total. The monoisotopic (exact) mass is 486 g/mol. The van der Waals surface area contributed by atoms with Crippen LogP contribution in [0.4, 0.5) is 0 Å². The molecule has 0 saturated heterocycles. The number of para-hydroxylation sites is 1. The lowest BCUT2D eigenvalue weighted by molar-refractivity contribution is 0.119. The van der Waals surface area contributed by atoms with Crippen molar-refractivity contribution < 1.29 is 4.74 Å². The van der Waals surface area contributed by atoms with Crippen molar-refractivity contribution in [2.24, 2.45) is 4.99 Å². The maximum absolute atomic E-state index is 6.09. The number of halogens is 1. The lowest BCUT2D eigenvalue weighted by Gasteiger charge is -2.27. The number of hydrogen-bond donors (Lipinski definition) is 2. The minimum absolute atomic E-state index is 0. The number of nitrogens with one attached hydrogen (secondary N) is 2. The number of ether oxygens (including phenoxy) is 1. The molecule has 0 amide bonds. The van der Waals surface area contributed by atoms with Crippen LogP contribution in [0.25, 0.3) is 0 Å². The maximum atomic E-state index is 6.09. The molecule has 5 nitrogen and oxygen atoms in total. The number of benzene rings is 1. The summed E-state index contributed by atoms with van der Waals surface area (Å²) >= 11 is 1.70. The van der Waals surface area contributed by atoms with Gasteiger partial charge in [-0.2, -0.15) is 0 Å². The van der Waals surface area contributed by atoms with Crippen molar-refractivity contribution in [3.05, 3.63) is 45.9 Å². The van der Waals surface area contributed by atoms with Crippen molar-refractivity contribution >= 4 is 41.3 Å². The van der Waals surface area contributed by atoms with Gasteiger partial charge in [-0.3, -0.25) is 0 Å². The molecule has 0 radical (unpaired) electrons. The van der Waals surface area contributed by atoms with E-state index in [1.165, 1.54) is 11.3 Å². The van der Waals surface area contributed by atoms with E-state index in [4.69, 9.17) is 9.73 Å². The third-order valence-corrected chi connectivity index (χ3v) is 5.06. The first kappa shape index (κ1) is 21.0. The molecule has 0 unspecified atom stereocenters. The fourth-order valence-corrected chi connectivity index (χ4v) is 3.29. The van der Waals surface area contributed by atoms with E-state index in [1.54, 1.807) is 11.3 Å². The molecular weight excluding hydrogens is 459 g/mol. The Morgan fingerprint density at radius 2 is 2.12 bits per heavy atom. The Kier molecular flexibility index (Phi) is 8.64. The van der Waals surface area contributed by atoms with Crippen LogP contribution >= 0.6 is 35.3 Å². The summed E-state index contributed by atoms with van der Waals surface area (Å²) in [6, 6.07) is 8.19. The second kappa shape index (κ2) is 10.7. The van der Waals surface area contributed by atoms with Gasteiger partial charge in [0.25, 0.3) is 0 Å². The van der Waals surface area contributed by atoms with Crippen molar-refractivity contribution in [2.75, 3.05) is 6.54 Å². The Morgan fingerprint density at radius 3 is 2.77 bits per heavy atom. The quantitative estimate of drug-likeness (QED) is 0.349. The molecule has 2 aromatic rings. The zero-order chi connectivity index (χ0) is 17.5. The average molecular weight is 486 g/mol. The first-order chi connectivity index (χ1) is 12.2. The number of rotatable bonds is 7. The minimum Gasteiger partial charge on any atom is -0.490 e. The first-order valence-corrected chi connectivity index (χ1v) is 9.74. The van der Waals surface area contributed by atoms with Gasteiger partial charge in [-0.05, 0) is 39.2 Å². The van der Waals surface area contributed by atoms with E-state index in [9.17, 15) is 0 Å². The van der Waals surface area contributed by atoms with Gasteiger partial charge in [-0.25, -0.2) is 9.98 Å². The molecule has 1 aliphatic carbocycles. The predicted molar refractivity (Wildman–Crippen MR) is 119 cm³/mol. The summed E-state index contributed by atoms with van der Waals surface area (Å²) in [5.41, 5.74) is 1.12. The highest BCUT2D eigenvalue weighted by Gasteiger charge is 2.20. The van der Waals surface area contributed by atoms with Gasteiger partial charge >= 0.3 is 0 Å². The second-order valence-electron chi connectivity index (χ2n) is 6.19. The molecule has 0 spiro atoms. The zero-order valence-corrected chi connectivity index (χ0v) is 18.5. The zero-order valence-electron chi connectivity index (χ0n) is 15.3. The predicted octanol–water partition coefficient (Wildman–Crippen LogP) is 4.26. The molecule has 1 saturated carbocycles. The first-order valence-electron chi connectivity index (χ1n) is 8.92. The Morgan fingerprint density at radius 1 is 1.31 bits per heavy atom. The molecule has 7 heteroatoms. The number of aryl methyl sites for hydroxylation is 1. The lowest BCUT2D eigenvalue weighted by Crippen LogP contribution is -2.36. The van der Waals surface area contributed by atoms with Crippen LogP contribution in [-0.2, 0) is 13.1 Å². The molecule has 0 bridgehead atoms. The van der Waals surface area contributed by atoms with E-state index in [0.29, 0.717) is 19.2 Å². The summed E-state index contributed by atoms with van der Waals surface area (Å²) in [7, 11) is 0. The van der Waals surface area contributed by atoms with Crippen LogP contribution in [0.3, 0.4) is 0 Å². The van der Waals surface area contributed by atoms with E-state index < -0.39 is 0 Å². The summed E-state index contributed by atoms with van der Waals surface area (Å²) in [6.45, 7) is 6.24. The summed E-state index contributed by atoms with van der Waals surface area (Å²) < 4.78 is 6.09. The molecule has 3 rings (SSSR count). The Balaban J connectivity index is 0.00000243. The molecule has 1 aliphatic rings. The summed E-state index contributed by atoms with van der Waals surface area (Å²) in [4.78, 5) is 10.3. The van der Waals surface area contributed by atoms with Gasteiger partial charge in [0.15, 0.2) is 5.96 Å². The van der Waals surface area contributed by atoms with E-state index in [1.807, 2.05) is 24.4 Å². The fourth-order valence-electron chi connectivity index (χ4n) is 2.57. The van der Waals surface area contributed by atoms with Gasteiger partial charge in [0, 0.05) is 23.2 Å². The molecule has 1 fully saturated rings. The van der Waals surface area contributed by atoms with E-state index in [2.05, 4.69) is 35.5 Å². The molecule has 142 valence electrons. The normalized spacial score (nSPS) is 14.3. The number of aromatic nitrogens is 1. The maximum Gasteiger partial charge on any atom is 0.191 e. The molecule has 1 aromatic heterocycles. The summed E-state index contributed by atoms with van der Waals surface area (Å²) in [5, 5.41) is 7.70. The van der Waals surface area contributed by atoms with Crippen LogP contribution in [0.15, 0.2) is 35.5 Å². The van der Waals surface area contributed by atoms with Crippen LogP contribution in [0.5, 0.6) is 5.75 Å². The fraction of sp³-hybridized carbons (Fsp3) is 0.474. The average Bonchev–Trinajstić information content (AvgIpc) is 3.00. The molecule has 0 atom stereocenters. The van der Waals surface area contributed by atoms with Gasteiger partial charge in [0.05, 0.1) is 19.2 Å². The van der Waals surface area contributed by atoms with Crippen molar-refractivity contribution in [2.45, 2.75) is 52.3 Å². The van der Waals surface area contributed by atoms with E-state index >= 15 is 0 Å². The Bertz CT molecular complexity index is 715. The highest BCUT2D eigenvalue weighted by atomic mass is 127. The van der Waals surface area contributed by atoms with Gasteiger partial charge < -0.3 is 15.4 Å². The molecule has 0 aliphatic heterocycles. The van der Waals surface area contributed by atoms with E-state index in [-0.39, 0.29) is 24.0 Å². The lowest BCUT2D eigenvalue weighted by atomic mass is 9.96. The van der Waals surface area contributed by atoms with Gasteiger partial charge in [-0.1, -0.05) is 18.2 Å². The smallest absolute Gasteiger partial charge is 0.191 e. The number of guanidine groups is 1. The molecule has 26 heavy (non-hydrogen) atoms. The molecule has 1 aromatic carbocycles. The van der Waals surface area contributed by atoms with Crippen LogP contribution < -0.4 is 15.4 Å². The highest BCUT2D eigenvalue weighted by Crippen LogP contribution is 2.27. The molecule has 1 heterocycles.